The Balaban J connectivity index is 2.43. The standard InChI is InChI=1S/C20H21NO7/c1-11(22)20(19(25)28-4)15(18(24)27-3)14(17(23)26-2)16-13-8-6-5-7-12(13)9-10-21(16)20/h5-8,16H,9-10H2,1-4H3/t16-,20+/m1/s1. The highest BCUT2D eigenvalue weighted by atomic mass is 16.5. The minimum Gasteiger partial charge on any atom is -0.467 e. The molecule has 28 heavy (non-hydrogen) atoms. The number of nitrogens with zero attached hydrogens (tertiary/aromatic N) is 1. The van der Waals surface area contributed by atoms with Crippen LogP contribution in [0.4, 0.5) is 0 Å². The minimum absolute atomic E-state index is 0.0814. The van der Waals surface area contributed by atoms with Crippen LogP contribution in [0.15, 0.2) is 35.4 Å². The quantitative estimate of drug-likeness (QED) is 0.424. The largest absolute Gasteiger partial charge is 0.467 e. The van der Waals surface area contributed by atoms with Gasteiger partial charge < -0.3 is 14.2 Å². The van der Waals surface area contributed by atoms with E-state index in [1.54, 1.807) is 17.0 Å². The molecule has 0 unspecified atom stereocenters. The van der Waals surface area contributed by atoms with Crippen LogP contribution in [0.2, 0.25) is 0 Å². The number of hydrogen-bond donors (Lipinski definition) is 0. The summed E-state index contributed by atoms with van der Waals surface area (Å²) in [6, 6.07) is 6.56. The van der Waals surface area contributed by atoms with Gasteiger partial charge in [0.1, 0.15) is 0 Å². The van der Waals surface area contributed by atoms with Crippen molar-refractivity contribution in [2.45, 2.75) is 24.9 Å². The van der Waals surface area contributed by atoms with E-state index in [0.717, 1.165) is 25.3 Å². The fourth-order valence-electron chi connectivity index (χ4n) is 4.29. The van der Waals surface area contributed by atoms with Crippen molar-refractivity contribution in [2.24, 2.45) is 0 Å². The maximum atomic E-state index is 13.0. The summed E-state index contributed by atoms with van der Waals surface area (Å²) in [5, 5.41) is 0. The summed E-state index contributed by atoms with van der Waals surface area (Å²) in [7, 11) is 3.43. The normalized spacial score (nSPS) is 23.5. The first-order valence-corrected chi connectivity index (χ1v) is 8.71. The molecule has 0 saturated carbocycles. The summed E-state index contributed by atoms with van der Waals surface area (Å²) >= 11 is 0. The Morgan fingerprint density at radius 3 is 2.21 bits per heavy atom. The molecule has 2 heterocycles. The molecule has 2 atom stereocenters. The molecule has 0 saturated heterocycles. The van der Waals surface area contributed by atoms with Crippen molar-refractivity contribution in [2.75, 3.05) is 27.9 Å². The first kappa shape index (κ1) is 19.8. The van der Waals surface area contributed by atoms with Gasteiger partial charge in [0.05, 0.1) is 38.5 Å². The molecule has 0 aliphatic carbocycles. The monoisotopic (exact) mass is 387 g/mol. The average molecular weight is 387 g/mol. The second-order valence-corrected chi connectivity index (χ2v) is 6.57. The molecule has 8 heteroatoms. The van der Waals surface area contributed by atoms with Crippen LogP contribution in [0, 0.1) is 0 Å². The van der Waals surface area contributed by atoms with Crippen LogP contribution in [0.25, 0.3) is 0 Å². The molecule has 3 rings (SSSR count). The van der Waals surface area contributed by atoms with Gasteiger partial charge in [0.2, 0.25) is 5.54 Å². The number of benzene rings is 1. The highest BCUT2D eigenvalue weighted by Crippen LogP contribution is 2.51. The van der Waals surface area contributed by atoms with Crippen LogP contribution in [0.1, 0.15) is 24.1 Å². The summed E-state index contributed by atoms with van der Waals surface area (Å²) in [4.78, 5) is 52.9. The molecular weight excluding hydrogens is 366 g/mol. The van der Waals surface area contributed by atoms with Crippen LogP contribution < -0.4 is 0 Å². The molecule has 0 fully saturated rings. The van der Waals surface area contributed by atoms with Gasteiger partial charge in [-0.3, -0.25) is 9.69 Å². The third-order valence-corrected chi connectivity index (χ3v) is 5.40. The molecular formula is C20H21NO7. The van der Waals surface area contributed by atoms with Gasteiger partial charge in [-0.1, -0.05) is 24.3 Å². The Kier molecular flexibility index (Phi) is 5.08. The van der Waals surface area contributed by atoms with E-state index >= 15 is 0 Å². The van der Waals surface area contributed by atoms with Crippen molar-refractivity contribution >= 4 is 23.7 Å². The summed E-state index contributed by atoms with van der Waals surface area (Å²) in [6.45, 7) is 1.45. The van der Waals surface area contributed by atoms with Gasteiger partial charge in [0.15, 0.2) is 5.78 Å². The van der Waals surface area contributed by atoms with Gasteiger partial charge in [-0.15, -0.1) is 0 Å². The van der Waals surface area contributed by atoms with Crippen LogP contribution in [-0.2, 0) is 39.8 Å². The van der Waals surface area contributed by atoms with Crippen LogP contribution in [-0.4, -0.2) is 62.0 Å². The zero-order valence-corrected chi connectivity index (χ0v) is 16.1. The first-order valence-electron chi connectivity index (χ1n) is 8.71. The number of ketones is 1. The van der Waals surface area contributed by atoms with Crippen LogP contribution >= 0.6 is 0 Å². The van der Waals surface area contributed by atoms with Crippen LogP contribution in [0.3, 0.4) is 0 Å². The Labute approximate surface area is 162 Å². The van der Waals surface area contributed by atoms with Gasteiger partial charge in [0.25, 0.3) is 0 Å². The van der Waals surface area contributed by atoms with Gasteiger partial charge >= 0.3 is 17.9 Å². The number of carbonyl (C=O) groups is 4. The number of fused-ring (bicyclic) bond motifs is 3. The maximum absolute atomic E-state index is 13.0. The molecule has 0 bridgehead atoms. The van der Waals surface area contributed by atoms with Crippen molar-refractivity contribution in [3.8, 4) is 0 Å². The van der Waals surface area contributed by atoms with E-state index in [-0.39, 0.29) is 17.7 Å². The SMILES string of the molecule is COC(=O)C1=C(C(=O)OC)[C@@](C(C)=O)(C(=O)OC)N2CCc3ccccc3[C@H]12. The zero-order chi connectivity index (χ0) is 20.6. The molecule has 1 aromatic rings. The van der Waals surface area contributed by atoms with Crippen molar-refractivity contribution < 1.29 is 33.4 Å². The molecule has 2 aliphatic rings. The lowest BCUT2D eigenvalue weighted by Gasteiger charge is -2.41. The van der Waals surface area contributed by atoms with Gasteiger partial charge in [-0.2, -0.15) is 0 Å². The molecule has 0 amide bonds. The number of methoxy groups -OCH3 is 3. The molecule has 0 spiro atoms. The Bertz CT molecular complexity index is 904. The Hall–Kier alpha value is -3.00. The number of ether oxygens (including phenoxy) is 3. The second kappa shape index (κ2) is 7.20. The van der Waals surface area contributed by atoms with E-state index in [2.05, 4.69) is 0 Å². The Morgan fingerprint density at radius 1 is 1.00 bits per heavy atom. The molecule has 148 valence electrons. The molecule has 0 N–H and O–H groups in total. The predicted molar refractivity (Wildman–Crippen MR) is 96.1 cm³/mol. The van der Waals surface area contributed by atoms with Gasteiger partial charge in [-0.25, -0.2) is 14.4 Å². The van der Waals surface area contributed by atoms with E-state index < -0.39 is 35.3 Å². The number of hydrogen-bond acceptors (Lipinski definition) is 8. The molecule has 0 aromatic heterocycles. The summed E-state index contributed by atoms with van der Waals surface area (Å²) in [5.41, 5.74) is -0.824. The highest BCUT2D eigenvalue weighted by Gasteiger charge is 2.66. The van der Waals surface area contributed by atoms with E-state index in [1.165, 1.54) is 14.0 Å². The summed E-state index contributed by atoms with van der Waals surface area (Å²) < 4.78 is 14.7. The smallest absolute Gasteiger partial charge is 0.339 e. The second-order valence-electron chi connectivity index (χ2n) is 6.57. The van der Waals surface area contributed by atoms with Crippen molar-refractivity contribution in [1.82, 2.24) is 4.90 Å². The first-order chi connectivity index (χ1) is 13.4. The number of Topliss-reactive ketones (excluding diaryl/α,β-unsaturated/α-hetero) is 1. The van der Waals surface area contributed by atoms with Crippen molar-refractivity contribution in [1.29, 1.82) is 0 Å². The van der Waals surface area contributed by atoms with Crippen molar-refractivity contribution in [3.05, 3.63) is 46.5 Å². The predicted octanol–water partition coefficient (Wildman–Crippen LogP) is 0.743. The summed E-state index contributed by atoms with van der Waals surface area (Å²) in [6.07, 6.45) is 0.529. The molecule has 0 radical (unpaired) electrons. The van der Waals surface area contributed by atoms with E-state index in [0.29, 0.717) is 6.42 Å². The number of esters is 3. The third-order valence-electron chi connectivity index (χ3n) is 5.40. The average Bonchev–Trinajstić information content (AvgIpc) is 3.04. The van der Waals surface area contributed by atoms with Gasteiger partial charge in [0, 0.05) is 6.54 Å². The highest BCUT2D eigenvalue weighted by molar-refractivity contribution is 6.21. The molecule has 1 aromatic carbocycles. The van der Waals surface area contributed by atoms with E-state index in [9.17, 15) is 19.2 Å². The molecule has 2 aliphatic heterocycles. The zero-order valence-electron chi connectivity index (χ0n) is 16.1. The maximum Gasteiger partial charge on any atom is 0.339 e. The number of carbonyl (C=O) groups excluding carboxylic acids is 4. The summed E-state index contributed by atoms with van der Waals surface area (Å²) in [5.74, 6) is -3.33. The van der Waals surface area contributed by atoms with Crippen LogP contribution in [0.5, 0.6) is 0 Å². The lowest BCUT2D eigenvalue weighted by Crippen LogP contribution is -2.61. The van der Waals surface area contributed by atoms with E-state index in [1.807, 2.05) is 12.1 Å². The fraction of sp³-hybridized carbons (Fsp3) is 0.400. The lowest BCUT2D eigenvalue weighted by atomic mass is 9.84. The lowest BCUT2D eigenvalue weighted by molar-refractivity contribution is -0.160. The molecule has 8 nitrogen and oxygen atoms in total. The fourth-order valence-corrected chi connectivity index (χ4v) is 4.29. The number of rotatable bonds is 4. The topological polar surface area (TPSA) is 99.2 Å². The Morgan fingerprint density at radius 2 is 1.64 bits per heavy atom. The van der Waals surface area contributed by atoms with Crippen molar-refractivity contribution in [3.63, 3.8) is 0 Å². The van der Waals surface area contributed by atoms with E-state index in [4.69, 9.17) is 14.2 Å². The minimum atomic E-state index is -2.08. The van der Waals surface area contributed by atoms with Gasteiger partial charge in [-0.05, 0) is 24.5 Å². The third kappa shape index (κ3) is 2.48.